The summed E-state index contributed by atoms with van der Waals surface area (Å²) in [6, 6.07) is 0. The van der Waals surface area contributed by atoms with Crippen molar-refractivity contribution in [3.8, 4) is 0 Å². The second-order valence-corrected chi connectivity index (χ2v) is 5.01. The van der Waals surface area contributed by atoms with Crippen LogP contribution in [-0.4, -0.2) is 24.3 Å². The van der Waals surface area contributed by atoms with E-state index in [1.54, 1.807) is 0 Å². The summed E-state index contributed by atoms with van der Waals surface area (Å²) in [5.41, 5.74) is -0.170. The molecule has 3 heteroatoms. The molecule has 3 fully saturated rings. The Labute approximate surface area is 83.4 Å². The molecule has 1 N–H and O–H groups in total. The summed E-state index contributed by atoms with van der Waals surface area (Å²) in [5, 5.41) is 9.76. The monoisotopic (exact) mass is 196 g/mol. The molecule has 3 nitrogen and oxygen atoms in total. The molecule has 0 aliphatic heterocycles. The maximum atomic E-state index is 11.7. The van der Waals surface area contributed by atoms with Gasteiger partial charge in [0.1, 0.15) is 0 Å². The average Bonchev–Trinajstić information content (AvgIpc) is 2.47. The number of esters is 1. The van der Waals surface area contributed by atoms with Crippen LogP contribution < -0.4 is 0 Å². The van der Waals surface area contributed by atoms with E-state index in [9.17, 15) is 9.90 Å². The number of aliphatic hydroxyl groups is 1. The first-order chi connectivity index (χ1) is 6.71. The highest BCUT2D eigenvalue weighted by atomic mass is 16.5. The molecule has 0 saturated heterocycles. The number of ether oxygens (including phenoxy) is 1. The van der Waals surface area contributed by atoms with Crippen LogP contribution in [0.5, 0.6) is 0 Å². The SMILES string of the molecule is COC(=O)C12CCC1C1C(O)CCC12. The van der Waals surface area contributed by atoms with E-state index in [1.165, 1.54) is 7.11 Å². The van der Waals surface area contributed by atoms with Crippen LogP contribution in [0.1, 0.15) is 25.7 Å². The number of rotatable bonds is 1. The number of hydrogen-bond acceptors (Lipinski definition) is 3. The highest BCUT2D eigenvalue weighted by Gasteiger charge is 2.73. The smallest absolute Gasteiger partial charge is 0.312 e. The molecule has 5 unspecified atom stereocenters. The lowest BCUT2D eigenvalue weighted by molar-refractivity contribution is -0.227. The third-order valence-corrected chi connectivity index (χ3v) is 4.90. The molecule has 3 saturated carbocycles. The van der Waals surface area contributed by atoms with E-state index in [0.29, 0.717) is 17.8 Å². The van der Waals surface area contributed by atoms with Gasteiger partial charge in [-0.2, -0.15) is 0 Å². The van der Waals surface area contributed by atoms with E-state index in [2.05, 4.69) is 0 Å². The first kappa shape index (κ1) is 8.72. The van der Waals surface area contributed by atoms with Crippen molar-refractivity contribution in [2.24, 2.45) is 23.2 Å². The summed E-state index contributed by atoms with van der Waals surface area (Å²) >= 11 is 0. The molecule has 0 amide bonds. The summed E-state index contributed by atoms with van der Waals surface area (Å²) < 4.78 is 4.90. The summed E-state index contributed by atoms with van der Waals surface area (Å²) in [7, 11) is 1.48. The molecule has 78 valence electrons. The molecule has 5 atom stereocenters. The first-order valence-corrected chi connectivity index (χ1v) is 5.48. The average molecular weight is 196 g/mol. The standard InChI is InChI=1S/C11H16O3/c1-14-10(13)11-5-4-7(11)9-6(11)2-3-8(9)12/h6-9,12H,2-5H2,1H3. The van der Waals surface area contributed by atoms with Gasteiger partial charge in [0.25, 0.3) is 0 Å². The maximum absolute atomic E-state index is 11.7. The van der Waals surface area contributed by atoms with Gasteiger partial charge in [-0.05, 0) is 43.4 Å². The van der Waals surface area contributed by atoms with Crippen LogP contribution >= 0.6 is 0 Å². The fraction of sp³-hybridized carbons (Fsp3) is 0.909. The Kier molecular flexibility index (Phi) is 1.56. The lowest BCUT2D eigenvalue weighted by atomic mass is 9.38. The van der Waals surface area contributed by atoms with E-state index in [1.807, 2.05) is 0 Å². The minimum atomic E-state index is -0.170. The first-order valence-electron chi connectivity index (χ1n) is 5.48. The van der Waals surface area contributed by atoms with Gasteiger partial charge < -0.3 is 9.84 Å². The predicted molar refractivity (Wildman–Crippen MR) is 49.4 cm³/mol. The summed E-state index contributed by atoms with van der Waals surface area (Å²) in [6.07, 6.45) is 3.83. The number of carbonyl (C=O) groups is 1. The largest absolute Gasteiger partial charge is 0.469 e. The van der Waals surface area contributed by atoms with Gasteiger partial charge in [-0.3, -0.25) is 4.79 Å². The van der Waals surface area contributed by atoms with Gasteiger partial charge in [0.15, 0.2) is 0 Å². The van der Waals surface area contributed by atoms with Crippen molar-refractivity contribution in [2.75, 3.05) is 7.11 Å². The van der Waals surface area contributed by atoms with Crippen molar-refractivity contribution in [3.63, 3.8) is 0 Å². The quantitative estimate of drug-likeness (QED) is 0.635. The maximum Gasteiger partial charge on any atom is 0.312 e. The molecule has 3 aliphatic rings. The highest BCUT2D eigenvalue weighted by molar-refractivity contribution is 5.80. The van der Waals surface area contributed by atoms with Gasteiger partial charge in [0, 0.05) is 0 Å². The number of fused-ring (bicyclic) bond motifs is 4. The summed E-state index contributed by atoms with van der Waals surface area (Å²) in [5.74, 6) is 1.23. The lowest BCUT2D eigenvalue weighted by Crippen LogP contribution is -2.67. The Morgan fingerprint density at radius 3 is 2.64 bits per heavy atom. The van der Waals surface area contributed by atoms with Gasteiger partial charge >= 0.3 is 5.97 Å². The van der Waals surface area contributed by atoms with E-state index in [0.717, 1.165) is 25.7 Å². The van der Waals surface area contributed by atoms with Crippen molar-refractivity contribution < 1.29 is 14.6 Å². The molecule has 0 aromatic carbocycles. The third kappa shape index (κ3) is 0.691. The predicted octanol–water partition coefficient (Wildman–Crippen LogP) is 0.956. The molecule has 0 spiro atoms. The molecular weight excluding hydrogens is 180 g/mol. The molecule has 0 heterocycles. The lowest BCUT2D eigenvalue weighted by Gasteiger charge is -2.65. The van der Waals surface area contributed by atoms with Crippen molar-refractivity contribution in [1.82, 2.24) is 0 Å². The van der Waals surface area contributed by atoms with E-state index < -0.39 is 0 Å². The zero-order valence-corrected chi connectivity index (χ0v) is 8.40. The van der Waals surface area contributed by atoms with Gasteiger partial charge in [-0.1, -0.05) is 0 Å². The van der Waals surface area contributed by atoms with E-state index in [-0.39, 0.29) is 17.5 Å². The fourth-order valence-electron chi connectivity index (χ4n) is 4.25. The van der Waals surface area contributed by atoms with Crippen LogP contribution in [-0.2, 0) is 9.53 Å². The summed E-state index contributed by atoms with van der Waals surface area (Å²) in [4.78, 5) is 11.7. The summed E-state index contributed by atoms with van der Waals surface area (Å²) in [6.45, 7) is 0. The van der Waals surface area contributed by atoms with Crippen LogP contribution in [0, 0.1) is 23.2 Å². The number of carbonyl (C=O) groups excluding carboxylic acids is 1. The minimum absolute atomic E-state index is 0.0240. The molecule has 0 aromatic heterocycles. The molecular formula is C11H16O3. The number of hydrogen-bond donors (Lipinski definition) is 1. The zero-order chi connectivity index (χ0) is 9.92. The zero-order valence-electron chi connectivity index (χ0n) is 8.40. The van der Waals surface area contributed by atoms with E-state index in [4.69, 9.17) is 4.74 Å². The second kappa shape index (κ2) is 2.51. The van der Waals surface area contributed by atoms with Crippen molar-refractivity contribution >= 4 is 5.97 Å². The molecule has 14 heavy (non-hydrogen) atoms. The normalized spacial score (nSPS) is 53.9. The Bertz CT molecular complexity index is 288. The van der Waals surface area contributed by atoms with Gasteiger partial charge in [-0.25, -0.2) is 0 Å². The fourth-order valence-corrected chi connectivity index (χ4v) is 4.25. The Morgan fingerprint density at radius 2 is 2.07 bits per heavy atom. The van der Waals surface area contributed by atoms with Gasteiger partial charge in [-0.15, -0.1) is 0 Å². The van der Waals surface area contributed by atoms with Gasteiger partial charge in [0.2, 0.25) is 0 Å². The molecule has 0 bridgehead atoms. The Balaban J connectivity index is 1.88. The molecule has 0 aromatic rings. The van der Waals surface area contributed by atoms with Crippen LogP contribution in [0.2, 0.25) is 0 Å². The Hall–Kier alpha value is -0.570. The van der Waals surface area contributed by atoms with E-state index >= 15 is 0 Å². The van der Waals surface area contributed by atoms with Gasteiger partial charge in [0.05, 0.1) is 18.6 Å². The minimum Gasteiger partial charge on any atom is -0.469 e. The molecule has 3 aliphatic carbocycles. The molecule has 0 radical (unpaired) electrons. The van der Waals surface area contributed by atoms with Crippen molar-refractivity contribution in [2.45, 2.75) is 31.8 Å². The van der Waals surface area contributed by atoms with Crippen molar-refractivity contribution in [3.05, 3.63) is 0 Å². The number of methoxy groups -OCH3 is 1. The van der Waals surface area contributed by atoms with Crippen LogP contribution in [0.3, 0.4) is 0 Å². The second-order valence-electron chi connectivity index (χ2n) is 5.01. The van der Waals surface area contributed by atoms with Crippen LogP contribution in [0.25, 0.3) is 0 Å². The topological polar surface area (TPSA) is 46.5 Å². The Morgan fingerprint density at radius 1 is 1.36 bits per heavy atom. The third-order valence-electron chi connectivity index (χ3n) is 4.90. The van der Waals surface area contributed by atoms with Crippen LogP contribution in [0.4, 0.5) is 0 Å². The highest BCUT2D eigenvalue weighted by Crippen LogP contribution is 2.72. The molecule has 3 rings (SSSR count). The number of aliphatic hydroxyl groups excluding tert-OH is 1. The van der Waals surface area contributed by atoms with Crippen LogP contribution in [0.15, 0.2) is 0 Å². The van der Waals surface area contributed by atoms with Crippen molar-refractivity contribution in [1.29, 1.82) is 0 Å².